The SMILES string of the molecule is O=C1CN(C(=O)[C@H]2CCCN(c3nc4ccccc4s3)C2)CCN1. The lowest BCUT2D eigenvalue weighted by Gasteiger charge is -2.35. The van der Waals surface area contributed by atoms with Crippen LogP contribution < -0.4 is 10.2 Å². The van der Waals surface area contributed by atoms with Crippen LogP contribution >= 0.6 is 11.3 Å². The van der Waals surface area contributed by atoms with Gasteiger partial charge in [-0.3, -0.25) is 9.59 Å². The third-order valence-electron chi connectivity index (χ3n) is 4.67. The van der Waals surface area contributed by atoms with E-state index in [1.165, 1.54) is 4.70 Å². The van der Waals surface area contributed by atoms with Crippen molar-refractivity contribution in [1.82, 2.24) is 15.2 Å². The predicted molar refractivity (Wildman–Crippen MR) is 94.1 cm³/mol. The number of piperidine rings is 1. The Morgan fingerprint density at radius 3 is 3.00 bits per heavy atom. The van der Waals surface area contributed by atoms with Gasteiger partial charge >= 0.3 is 0 Å². The Kier molecular flexibility index (Phi) is 4.10. The quantitative estimate of drug-likeness (QED) is 0.896. The number of rotatable bonds is 2. The molecule has 7 heteroatoms. The minimum atomic E-state index is -0.0616. The Bertz CT molecular complexity index is 742. The lowest BCUT2D eigenvalue weighted by molar-refractivity contribution is -0.141. The molecule has 0 aliphatic carbocycles. The highest BCUT2D eigenvalue weighted by atomic mass is 32.1. The fourth-order valence-electron chi connectivity index (χ4n) is 3.43. The summed E-state index contributed by atoms with van der Waals surface area (Å²) in [7, 11) is 0. The third kappa shape index (κ3) is 2.96. The number of carbonyl (C=O) groups excluding carboxylic acids is 2. The molecule has 4 rings (SSSR count). The van der Waals surface area contributed by atoms with Gasteiger partial charge in [-0.05, 0) is 25.0 Å². The maximum atomic E-state index is 12.7. The second-order valence-electron chi connectivity index (χ2n) is 6.36. The van der Waals surface area contributed by atoms with Gasteiger partial charge in [0.05, 0.1) is 22.7 Å². The van der Waals surface area contributed by atoms with Crippen LogP contribution in [0.4, 0.5) is 5.13 Å². The second-order valence-corrected chi connectivity index (χ2v) is 7.37. The first kappa shape index (κ1) is 15.4. The standard InChI is InChI=1S/C17H20N4O2S/c22-15-11-20(9-7-18-15)16(23)12-4-3-8-21(10-12)17-19-13-5-1-2-6-14(13)24-17/h1-2,5-6,12H,3-4,7-11H2,(H,18,22)/t12-/m0/s1. The van der Waals surface area contributed by atoms with E-state index in [2.05, 4.69) is 16.3 Å². The summed E-state index contributed by atoms with van der Waals surface area (Å²) < 4.78 is 1.17. The number of hydrogen-bond acceptors (Lipinski definition) is 5. The number of hydrogen-bond donors (Lipinski definition) is 1. The molecule has 0 radical (unpaired) electrons. The van der Waals surface area contributed by atoms with Crippen LogP contribution in [0.25, 0.3) is 10.2 Å². The summed E-state index contributed by atoms with van der Waals surface area (Å²) in [6, 6.07) is 8.12. The van der Waals surface area contributed by atoms with Crippen LogP contribution in [0.3, 0.4) is 0 Å². The normalized spacial score (nSPS) is 21.8. The van der Waals surface area contributed by atoms with E-state index in [0.29, 0.717) is 19.6 Å². The van der Waals surface area contributed by atoms with Crippen molar-refractivity contribution < 1.29 is 9.59 Å². The van der Waals surface area contributed by atoms with Crippen molar-refractivity contribution in [2.45, 2.75) is 12.8 Å². The van der Waals surface area contributed by atoms with Gasteiger partial charge in [0, 0.05) is 26.2 Å². The molecule has 1 atom stereocenters. The van der Waals surface area contributed by atoms with E-state index in [0.717, 1.165) is 30.0 Å². The number of fused-ring (bicyclic) bond motifs is 1. The molecule has 2 aliphatic heterocycles. The summed E-state index contributed by atoms with van der Waals surface area (Å²) in [6.07, 6.45) is 1.87. The minimum absolute atomic E-state index is 0.0448. The van der Waals surface area contributed by atoms with E-state index >= 15 is 0 Å². The van der Waals surface area contributed by atoms with Gasteiger partial charge in [-0.25, -0.2) is 4.98 Å². The van der Waals surface area contributed by atoms with Gasteiger partial charge < -0.3 is 15.1 Å². The van der Waals surface area contributed by atoms with E-state index in [4.69, 9.17) is 4.98 Å². The molecule has 0 bridgehead atoms. The molecular formula is C17H20N4O2S. The summed E-state index contributed by atoms with van der Waals surface area (Å²) in [5, 5.41) is 3.76. The molecule has 24 heavy (non-hydrogen) atoms. The number of amides is 2. The van der Waals surface area contributed by atoms with E-state index in [9.17, 15) is 9.59 Å². The van der Waals surface area contributed by atoms with Crippen molar-refractivity contribution in [2.24, 2.45) is 5.92 Å². The maximum Gasteiger partial charge on any atom is 0.239 e. The molecule has 2 saturated heterocycles. The summed E-state index contributed by atoms with van der Waals surface area (Å²) in [5.74, 6) is 0.000706. The first-order valence-corrected chi connectivity index (χ1v) is 9.18. The Morgan fingerprint density at radius 2 is 2.17 bits per heavy atom. The average Bonchev–Trinajstić information content (AvgIpc) is 3.05. The van der Waals surface area contributed by atoms with Crippen molar-refractivity contribution in [3.05, 3.63) is 24.3 Å². The van der Waals surface area contributed by atoms with E-state index < -0.39 is 0 Å². The second kappa shape index (κ2) is 6.39. The van der Waals surface area contributed by atoms with Crippen molar-refractivity contribution in [3.63, 3.8) is 0 Å². The van der Waals surface area contributed by atoms with Crippen molar-refractivity contribution in [1.29, 1.82) is 0 Å². The Hall–Kier alpha value is -2.15. The zero-order chi connectivity index (χ0) is 16.5. The molecule has 1 N–H and O–H groups in total. The van der Waals surface area contributed by atoms with Crippen molar-refractivity contribution >= 4 is 38.5 Å². The van der Waals surface area contributed by atoms with Crippen LogP contribution in [-0.4, -0.2) is 54.4 Å². The molecule has 0 saturated carbocycles. The highest BCUT2D eigenvalue weighted by Crippen LogP contribution is 2.31. The average molecular weight is 344 g/mol. The lowest BCUT2D eigenvalue weighted by atomic mass is 9.96. The molecular weight excluding hydrogens is 324 g/mol. The molecule has 2 amide bonds. The third-order valence-corrected chi connectivity index (χ3v) is 5.77. The van der Waals surface area contributed by atoms with Gasteiger partial charge in [0.2, 0.25) is 11.8 Å². The molecule has 6 nitrogen and oxygen atoms in total. The first-order chi connectivity index (χ1) is 11.7. The topological polar surface area (TPSA) is 65.5 Å². The zero-order valence-electron chi connectivity index (χ0n) is 13.4. The van der Waals surface area contributed by atoms with Crippen LogP contribution in [0.1, 0.15) is 12.8 Å². The summed E-state index contributed by atoms with van der Waals surface area (Å²) in [5.41, 5.74) is 1.01. The highest BCUT2D eigenvalue weighted by Gasteiger charge is 2.32. The smallest absolute Gasteiger partial charge is 0.239 e. The maximum absolute atomic E-state index is 12.7. The number of anilines is 1. The van der Waals surface area contributed by atoms with Gasteiger partial charge in [-0.2, -0.15) is 0 Å². The van der Waals surface area contributed by atoms with Gasteiger partial charge in [0.25, 0.3) is 0 Å². The van der Waals surface area contributed by atoms with Crippen LogP contribution in [0.5, 0.6) is 0 Å². The number of nitrogens with zero attached hydrogens (tertiary/aromatic N) is 3. The number of piperazine rings is 1. The Morgan fingerprint density at radius 1 is 1.29 bits per heavy atom. The summed E-state index contributed by atoms with van der Waals surface area (Å²) >= 11 is 1.68. The summed E-state index contributed by atoms with van der Waals surface area (Å²) in [6.45, 7) is 2.98. The molecule has 1 aromatic carbocycles. The van der Waals surface area contributed by atoms with Gasteiger partial charge in [0.1, 0.15) is 0 Å². The van der Waals surface area contributed by atoms with E-state index in [1.807, 2.05) is 18.2 Å². The number of para-hydroxylation sites is 1. The number of thiazole rings is 1. The molecule has 0 spiro atoms. The molecule has 0 unspecified atom stereocenters. The highest BCUT2D eigenvalue weighted by molar-refractivity contribution is 7.22. The number of nitrogens with one attached hydrogen (secondary N) is 1. The minimum Gasteiger partial charge on any atom is -0.353 e. The largest absolute Gasteiger partial charge is 0.353 e. The first-order valence-electron chi connectivity index (χ1n) is 8.37. The van der Waals surface area contributed by atoms with Crippen molar-refractivity contribution in [2.75, 3.05) is 37.6 Å². The van der Waals surface area contributed by atoms with Crippen LogP contribution in [0.15, 0.2) is 24.3 Å². The Labute approximate surface area is 144 Å². The van der Waals surface area contributed by atoms with Crippen LogP contribution in [0.2, 0.25) is 0 Å². The molecule has 126 valence electrons. The van der Waals surface area contributed by atoms with Crippen molar-refractivity contribution in [3.8, 4) is 0 Å². The lowest BCUT2D eigenvalue weighted by Crippen LogP contribution is -2.53. The van der Waals surface area contributed by atoms with Crippen LogP contribution in [-0.2, 0) is 9.59 Å². The molecule has 2 aromatic rings. The number of carbonyl (C=O) groups is 2. The van der Waals surface area contributed by atoms with Crippen LogP contribution in [0, 0.1) is 5.92 Å². The van der Waals surface area contributed by atoms with Gasteiger partial charge in [0.15, 0.2) is 5.13 Å². The molecule has 2 aliphatic rings. The predicted octanol–water partition coefficient (Wildman–Crippen LogP) is 1.47. The summed E-state index contributed by atoms with van der Waals surface area (Å²) in [4.78, 5) is 32.9. The van der Waals surface area contributed by atoms with E-state index in [1.54, 1.807) is 16.2 Å². The molecule has 2 fully saturated rings. The van der Waals surface area contributed by atoms with Gasteiger partial charge in [-0.1, -0.05) is 23.5 Å². The fraction of sp³-hybridized carbons (Fsp3) is 0.471. The molecule has 3 heterocycles. The van der Waals surface area contributed by atoms with Gasteiger partial charge in [-0.15, -0.1) is 0 Å². The van der Waals surface area contributed by atoms with E-state index in [-0.39, 0.29) is 24.3 Å². The number of benzene rings is 1. The number of aromatic nitrogens is 1. The fourth-order valence-corrected chi connectivity index (χ4v) is 4.43. The monoisotopic (exact) mass is 344 g/mol. The Balaban J connectivity index is 1.48. The molecule has 1 aromatic heterocycles. The zero-order valence-corrected chi connectivity index (χ0v) is 14.2.